The Kier molecular flexibility index (Phi) is 6.14. The number of aromatic nitrogens is 3. The van der Waals surface area contributed by atoms with Crippen molar-refractivity contribution >= 4 is 15.9 Å². The summed E-state index contributed by atoms with van der Waals surface area (Å²) < 4.78 is 28.0. The van der Waals surface area contributed by atoms with E-state index in [0.29, 0.717) is 10.7 Å². The lowest BCUT2D eigenvalue weighted by molar-refractivity contribution is -0.121. The molecule has 0 aliphatic rings. The van der Waals surface area contributed by atoms with E-state index >= 15 is 0 Å². The zero-order chi connectivity index (χ0) is 19.5. The highest BCUT2D eigenvalue weighted by Crippen LogP contribution is 2.29. The molecule has 1 amide bonds. The van der Waals surface area contributed by atoms with Crippen molar-refractivity contribution in [3.8, 4) is 0 Å². The van der Waals surface area contributed by atoms with Crippen molar-refractivity contribution in [2.45, 2.75) is 52.5 Å². The van der Waals surface area contributed by atoms with Gasteiger partial charge in [0.15, 0.2) is 0 Å². The lowest BCUT2D eigenvalue weighted by Gasteiger charge is -2.19. The number of carbonyl (C=O) groups is 1. The SMILES string of the molecule is Cc1c(C)c(C)c(S(=O)(=O)NCCC(=O)NCc2ncn[nH]2)c(C)c1C. The lowest BCUT2D eigenvalue weighted by Crippen LogP contribution is -2.31. The molecule has 0 saturated carbocycles. The van der Waals surface area contributed by atoms with Crippen molar-refractivity contribution in [3.05, 3.63) is 40.0 Å². The summed E-state index contributed by atoms with van der Waals surface area (Å²) in [5, 5.41) is 8.97. The third-order valence-corrected chi connectivity index (χ3v) is 6.50. The molecule has 0 saturated heterocycles. The van der Waals surface area contributed by atoms with Gasteiger partial charge in [-0.2, -0.15) is 5.10 Å². The van der Waals surface area contributed by atoms with Gasteiger partial charge in [-0.15, -0.1) is 0 Å². The van der Waals surface area contributed by atoms with Gasteiger partial charge in [0.1, 0.15) is 12.2 Å². The number of benzene rings is 1. The highest BCUT2D eigenvalue weighted by Gasteiger charge is 2.23. The Balaban J connectivity index is 2.02. The van der Waals surface area contributed by atoms with Crippen LogP contribution in [0.2, 0.25) is 0 Å². The van der Waals surface area contributed by atoms with Crippen LogP contribution >= 0.6 is 0 Å². The number of carbonyl (C=O) groups excluding carboxylic acids is 1. The maximum atomic E-state index is 12.7. The molecule has 26 heavy (non-hydrogen) atoms. The van der Waals surface area contributed by atoms with Crippen molar-refractivity contribution in [1.29, 1.82) is 0 Å². The molecule has 142 valence electrons. The van der Waals surface area contributed by atoms with Crippen LogP contribution in [0.5, 0.6) is 0 Å². The Labute approximate surface area is 153 Å². The van der Waals surface area contributed by atoms with Crippen molar-refractivity contribution in [2.24, 2.45) is 0 Å². The van der Waals surface area contributed by atoms with Gasteiger partial charge in [-0.05, 0) is 62.4 Å². The average molecular weight is 379 g/mol. The number of hydrogen-bond donors (Lipinski definition) is 3. The van der Waals surface area contributed by atoms with Gasteiger partial charge in [-0.25, -0.2) is 18.1 Å². The number of nitrogens with one attached hydrogen (secondary N) is 3. The molecule has 0 atom stereocenters. The van der Waals surface area contributed by atoms with Crippen LogP contribution in [-0.2, 0) is 21.4 Å². The molecule has 0 fully saturated rings. The predicted octanol–water partition coefficient (Wildman–Crippen LogP) is 1.33. The molecule has 0 aliphatic heterocycles. The van der Waals surface area contributed by atoms with E-state index in [0.717, 1.165) is 27.8 Å². The predicted molar refractivity (Wildman–Crippen MR) is 98.2 cm³/mol. The van der Waals surface area contributed by atoms with Gasteiger partial charge < -0.3 is 5.32 Å². The quantitative estimate of drug-likeness (QED) is 0.671. The van der Waals surface area contributed by atoms with Crippen LogP contribution in [0.3, 0.4) is 0 Å². The number of aromatic amines is 1. The minimum absolute atomic E-state index is 0.0232. The Hall–Kier alpha value is -2.26. The number of amides is 1. The van der Waals surface area contributed by atoms with E-state index in [-0.39, 0.29) is 25.4 Å². The fourth-order valence-electron chi connectivity index (χ4n) is 2.83. The fraction of sp³-hybridized carbons (Fsp3) is 0.471. The zero-order valence-electron chi connectivity index (χ0n) is 15.7. The van der Waals surface area contributed by atoms with Crippen LogP contribution in [0.25, 0.3) is 0 Å². The Bertz CT molecular complexity index is 876. The van der Waals surface area contributed by atoms with E-state index in [1.807, 2.05) is 34.6 Å². The van der Waals surface area contributed by atoms with E-state index in [9.17, 15) is 13.2 Å². The van der Waals surface area contributed by atoms with Crippen molar-refractivity contribution < 1.29 is 13.2 Å². The zero-order valence-corrected chi connectivity index (χ0v) is 16.5. The van der Waals surface area contributed by atoms with Crippen molar-refractivity contribution in [1.82, 2.24) is 25.2 Å². The molecule has 0 spiro atoms. The van der Waals surface area contributed by atoms with Gasteiger partial charge in [-0.1, -0.05) is 0 Å². The third-order valence-electron chi connectivity index (χ3n) is 4.76. The first-order valence-corrected chi connectivity index (χ1v) is 9.81. The molecule has 1 heterocycles. The van der Waals surface area contributed by atoms with Crippen molar-refractivity contribution in [2.75, 3.05) is 6.54 Å². The van der Waals surface area contributed by atoms with Crippen LogP contribution in [-0.4, -0.2) is 36.1 Å². The minimum Gasteiger partial charge on any atom is -0.349 e. The van der Waals surface area contributed by atoms with Gasteiger partial charge in [-0.3, -0.25) is 9.89 Å². The first-order valence-electron chi connectivity index (χ1n) is 8.32. The number of rotatable bonds is 7. The van der Waals surface area contributed by atoms with Crippen molar-refractivity contribution in [3.63, 3.8) is 0 Å². The highest BCUT2D eigenvalue weighted by molar-refractivity contribution is 7.89. The van der Waals surface area contributed by atoms with Gasteiger partial charge in [0, 0.05) is 13.0 Å². The molecule has 3 N–H and O–H groups in total. The molecule has 0 aliphatic carbocycles. The summed E-state index contributed by atoms with van der Waals surface area (Å²) in [6.45, 7) is 9.71. The van der Waals surface area contributed by atoms with Crippen LogP contribution in [0, 0.1) is 34.6 Å². The Morgan fingerprint density at radius 2 is 1.62 bits per heavy atom. The standard InChI is InChI=1S/C17H25N5O3S/c1-10-11(2)13(4)17(14(5)12(10)3)26(24,25)21-7-6-16(23)18-8-15-19-9-20-22-15/h9,21H,6-8H2,1-5H3,(H,18,23)(H,19,20,22). The van der Waals surface area contributed by atoms with E-state index in [4.69, 9.17) is 0 Å². The summed E-state index contributed by atoms with van der Waals surface area (Å²) >= 11 is 0. The van der Waals surface area contributed by atoms with E-state index in [2.05, 4.69) is 25.2 Å². The Morgan fingerprint density at radius 1 is 1.04 bits per heavy atom. The number of hydrogen-bond acceptors (Lipinski definition) is 5. The number of sulfonamides is 1. The third kappa shape index (κ3) is 4.28. The normalized spacial score (nSPS) is 11.6. The average Bonchev–Trinajstić information content (AvgIpc) is 3.09. The molecule has 1 aromatic heterocycles. The van der Waals surface area contributed by atoms with Gasteiger partial charge in [0.2, 0.25) is 15.9 Å². The maximum absolute atomic E-state index is 12.7. The molecule has 8 nitrogen and oxygen atoms in total. The maximum Gasteiger partial charge on any atom is 0.241 e. The largest absolute Gasteiger partial charge is 0.349 e. The molecule has 0 unspecified atom stereocenters. The first-order chi connectivity index (χ1) is 12.1. The highest BCUT2D eigenvalue weighted by atomic mass is 32.2. The number of H-pyrrole nitrogens is 1. The van der Waals surface area contributed by atoms with Crippen LogP contribution in [0.15, 0.2) is 11.2 Å². The molecule has 9 heteroatoms. The molecular weight excluding hydrogens is 354 g/mol. The Morgan fingerprint density at radius 3 is 2.15 bits per heavy atom. The second-order valence-corrected chi connectivity index (χ2v) is 8.01. The molecule has 0 radical (unpaired) electrons. The molecular formula is C17H25N5O3S. The van der Waals surface area contributed by atoms with Crippen LogP contribution < -0.4 is 10.0 Å². The summed E-state index contributed by atoms with van der Waals surface area (Å²) in [4.78, 5) is 16.0. The van der Waals surface area contributed by atoms with Crippen LogP contribution in [0.1, 0.15) is 40.1 Å². The van der Waals surface area contributed by atoms with Gasteiger partial charge >= 0.3 is 0 Å². The second kappa shape index (κ2) is 7.96. The smallest absolute Gasteiger partial charge is 0.241 e. The monoisotopic (exact) mass is 379 g/mol. The minimum atomic E-state index is -3.70. The van der Waals surface area contributed by atoms with Gasteiger partial charge in [0.05, 0.1) is 11.4 Å². The van der Waals surface area contributed by atoms with Crippen LogP contribution in [0.4, 0.5) is 0 Å². The van der Waals surface area contributed by atoms with E-state index < -0.39 is 10.0 Å². The topological polar surface area (TPSA) is 117 Å². The van der Waals surface area contributed by atoms with E-state index in [1.54, 1.807) is 0 Å². The summed E-state index contributed by atoms with van der Waals surface area (Å²) in [6.07, 6.45) is 1.39. The molecule has 2 rings (SSSR count). The summed E-state index contributed by atoms with van der Waals surface area (Å²) in [5.74, 6) is 0.268. The summed E-state index contributed by atoms with van der Waals surface area (Å²) in [7, 11) is -3.70. The molecule has 2 aromatic rings. The summed E-state index contributed by atoms with van der Waals surface area (Å²) in [6, 6.07) is 0. The second-order valence-electron chi connectivity index (χ2n) is 6.31. The molecule has 0 bridgehead atoms. The molecule has 1 aromatic carbocycles. The number of nitrogens with zero attached hydrogens (tertiary/aromatic N) is 2. The van der Waals surface area contributed by atoms with Gasteiger partial charge in [0.25, 0.3) is 0 Å². The van der Waals surface area contributed by atoms with E-state index in [1.165, 1.54) is 6.33 Å². The first kappa shape index (κ1) is 20.1. The fourth-order valence-corrected chi connectivity index (χ4v) is 4.45. The lowest BCUT2D eigenvalue weighted by atomic mass is 9.95. The summed E-state index contributed by atoms with van der Waals surface area (Å²) in [5.41, 5.74) is 4.53.